The zero-order valence-electron chi connectivity index (χ0n) is 13.2. The summed E-state index contributed by atoms with van der Waals surface area (Å²) in [6.07, 6.45) is 2.14. The van der Waals surface area contributed by atoms with Crippen molar-refractivity contribution in [3.8, 4) is 6.07 Å². The van der Waals surface area contributed by atoms with E-state index in [1.54, 1.807) is 0 Å². The molecule has 0 radical (unpaired) electrons. The van der Waals surface area contributed by atoms with E-state index in [0.29, 0.717) is 4.99 Å². The Morgan fingerprint density at radius 1 is 1.09 bits per heavy atom. The van der Waals surface area contributed by atoms with Gasteiger partial charge >= 0.3 is 0 Å². The number of benzene rings is 2. The van der Waals surface area contributed by atoms with Crippen molar-refractivity contribution >= 4 is 22.9 Å². The molecule has 2 atom stereocenters. The Morgan fingerprint density at radius 2 is 1.83 bits per heavy atom. The van der Waals surface area contributed by atoms with Crippen LogP contribution < -0.4 is 5.32 Å². The standard InChI is InChI=1S/C20H18N2S/c1-13-8-9-16(14(2)10-13)19-11-17(15-6-4-3-5-7-15)18(12-21)20(23)22-19/h3-11,17-18H,1-2H3,(H,22,23). The Bertz CT molecular complexity index is 815. The van der Waals surface area contributed by atoms with Gasteiger partial charge in [0.05, 0.1) is 11.1 Å². The van der Waals surface area contributed by atoms with E-state index in [0.717, 1.165) is 16.8 Å². The second-order valence-corrected chi connectivity index (χ2v) is 6.37. The second-order valence-electron chi connectivity index (χ2n) is 5.93. The van der Waals surface area contributed by atoms with Crippen LogP contribution in [0.25, 0.3) is 5.70 Å². The number of nitrogens with one attached hydrogen (secondary N) is 1. The lowest BCUT2D eigenvalue weighted by Crippen LogP contribution is -2.35. The number of rotatable bonds is 2. The van der Waals surface area contributed by atoms with Crippen LogP contribution in [-0.4, -0.2) is 4.99 Å². The number of hydrogen-bond donors (Lipinski definition) is 1. The average molecular weight is 318 g/mol. The third-order valence-electron chi connectivity index (χ3n) is 4.24. The topological polar surface area (TPSA) is 35.8 Å². The van der Waals surface area contributed by atoms with Crippen molar-refractivity contribution in [3.63, 3.8) is 0 Å². The van der Waals surface area contributed by atoms with Gasteiger partial charge in [-0.15, -0.1) is 0 Å². The Labute approximate surface area is 142 Å². The summed E-state index contributed by atoms with van der Waals surface area (Å²) in [6.45, 7) is 4.18. The van der Waals surface area contributed by atoms with Crippen molar-refractivity contribution in [1.29, 1.82) is 5.26 Å². The number of aryl methyl sites for hydroxylation is 2. The summed E-state index contributed by atoms with van der Waals surface area (Å²) in [4.78, 5) is 0.596. The lowest BCUT2D eigenvalue weighted by atomic mass is 9.82. The molecule has 3 heteroatoms. The Hall–Kier alpha value is -2.44. The first kappa shape index (κ1) is 15.5. The number of thiocarbonyl (C=S) groups is 1. The van der Waals surface area contributed by atoms with Crippen molar-refractivity contribution < 1.29 is 0 Å². The predicted octanol–water partition coefficient (Wildman–Crippen LogP) is 4.50. The van der Waals surface area contributed by atoms with Gasteiger partial charge < -0.3 is 5.32 Å². The number of nitriles is 1. The molecule has 0 saturated heterocycles. The lowest BCUT2D eigenvalue weighted by Gasteiger charge is -2.29. The summed E-state index contributed by atoms with van der Waals surface area (Å²) < 4.78 is 0. The van der Waals surface area contributed by atoms with Crippen LogP contribution in [-0.2, 0) is 0 Å². The fourth-order valence-corrected chi connectivity index (χ4v) is 3.38. The third kappa shape index (κ3) is 3.04. The van der Waals surface area contributed by atoms with E-state index in [9.17, 15) is 5.26 Å². The highest BCUT2D eigenvalue weighted by molar-refractivity contribution is 7.80. The fraction of sp³-hybridized carbons (Fsp3) is 0.200. The van der Waals surface area contributed by atoms with Gasteiger partial charge in [0.15, 0.2) is 0 Å². The van der Waals surface area contributed by atoms with Gasteiger partial charge in [-0.1, -0.05) is 72.4 Å². The molecule has 0 aromatic heterocycles. The van der Waals surface area contributed by atoms with Crippen molar-refractivity contribution in [2.45, 2.75) is 19.8 Å². The minimum absolute atomic E-state index is 0.0225. The maximum Gasteiger partial charge on any atom is 0.107 e. The fourth-order valence-electron chi connectivity index (χ4n) is 3.07. The molecular weight excluding hydrogens is 300 g/mol. The minimum atomic E-state index is -0.332. The Morgan fingerprint density at radius 3 is 2.48 bits per heavy atom. The first-order valence-electron chi connectivity index (χ1n) is 7.65. The molecule has 0 aliphatic carbocycles. The maximum atomic E-state index is 9.53. The van der Waals surface area contributed by atoms with E-state index < -0.39 is 0 Å². The van der Waals surface area contributed by atoms with Crippen LogP contribution in [0.2, 0.25) is 0 Å². The van der Waals surface area contributed by atoms with Gasteiger partial charge in [-0.3, -0.25) is 0 Å². The highest BCUT2D eigenvalue weighted by Gasteiger charge is 2.30. The summed E-state index contributed by atoms with van der Waals surface area (Å²) >= 11 is 5.48. The van der Waals surface area contributed by atoms with E-state index in [1.165, 1.54) is 11.1 Å². The summed E-state index contributed by atoms with van der Waals surface area (Å²) in [6, 6.07) is 18.8. The molecule has 2 unspecified atom stereocenters. The molecule has 1 heterocycles. The molecule has 23 heavy (non-hydrogen) atoms. The summed E-state index contributed by atoms with van der Waals surface area (Å²) in [5.74, 6) is -0.354. The molecule has 3 rings (SSSR count). The number of hydrogen-bond acceptors (Lipinski definition) is 2. The molecule has 0 spiro atoms. The summed E-state index contributed by atoms with van der Waals surface area (Å²) in [5.41, 5.74) is 5.68. The van der Waals surface area contributed by atoms with Crippen LogP contribution in [0.4, 0.5) is 0 Å². The van der Waals surface area contributed by atoms with Crippen molar-refractivity contribution in [3.05, 3.63) is 76.9 Å². The zero-order chi connectivity index (χ0) is 16.4. The first-order valence-corrected chi connectivity index (χ1v) is 8.06. The van der Waals surface area contributed by atoms with Crippen LogP contribution in [0.3, 0.4) is 0 Å². The molecule has 0 fully saturated rings. The van der Waals surface area contributed by atoms with Gasteiger partial charge in [0.2, 0.25) is 0 Å². The van der Waals surface area contributed by atoms with Gasteiger partial charge in [-0.2, -0.15) is 5.26 Å². The van der Waals surface area contributed by atoms with Crippen LogP contribution in [0.15, 0.2) is 54.6 Å². The normalized spacial score (nSPS) is 20.4. The van der Waals surface area contributed by atoms with Gasteiger partial charge in [-0.05, 0) is 25.0 Å². The SMILES string of the molecule is Cc1ccc(C2=CC(c3ccccc3)C(C#N)C(=S)N2)c(C)c1. The molecule has 2 aromatic rings. The van der Waals surface area contributed by atoms with Gasteiger partial charge in [-0.25, -0.2) is 0 Å². The molecular formula is C20H18N2S. The molecule has 114 valence electrons. The van der Waals surface area contributed by atoms with Crippen LogP contribution in [0.1, 0.15) is 28.2 Å². The molecule has 0 amide bonds. The highest BCUT2D eigenvalue weighted by Crippen LogP contribution is 2.34. The Kier molecular flexibility index (Phi) is 4.27. The van der Waals surface area contributed by atoms with E-state index in [4.69, 9.17) is 12.2 Å². The van der Waals surface area contributed by atoms with Crippen molar-refractivity contribution in [2.24, 2.45) is 5.92 Å². The maximum absolute atomic E-state index is 9.53. The smallest absolute Gasteiger partial charge is 0.107 e. The second kappa shape index (κ2) is 6.36. The predicted molar refractivity (Wildman–Crippen MR) is 97.9 cm³/mol. The lowest BCUT2D eigenvalue weighted by molar-refractivity contribution is 0.733. The molecule has 1 N–H and O–H groups in total. The summed E-state index contributed by atoms with van der Waals surface area (Å²) in [5, 5.41) is 12.8. The molecule has 0 saturated carbocycles. The Balaban J connectivity index is 2.09. The first-order chi connectivity index (χ1) is 11.1. The highest BCUT2D eigenvalue weighted by atomic mass is 32.1. The molecule has 2 aromatic carbocycles. The average Bonchev–Trinajstić information content (AvgIpc) is 2.55. The van der Waals surface area contributed by atoms with Crippen molar-refractivity contribution in [2.75, 3.05) is 0 Å². The van der Waals surface area contributed by atoms with Gasteiger partial charge in [0.1, 0.15) is 5.92 Å². The van der Waals surface area contributed by atoms with Crippen LogP contribution >= 0.6 is 12.2 Å². The van der Waals surface area contributed by atoms with E-state index in [-0.39, 0.29) is 11.8 Å². The quantitative estimate of drug-likeness (QED) is 0.828. The number of nitrogens with zero attached hydrogens (tertiary/aromatic N) is 1. The van der Waals surface area contributed by atoms with E-state index in [2.05, 4.69) is 61.6 Å². The molecule has 2 nitrogen and oxygen atoms in total. The minimum Gasteiger partial charge on any atom is -0.349 e. The molecule has 1 aliphatic heterocycles. The van der Waals surface area contributed by atoms with Crippen LogP contribution in [0, 0.1) is 31.1 Å². The van der Waals surface area contributed by atoms with Crippen LogP contribution in [0.5, 0.6) is 0 Å². The van der Waals surface area contributed by atoms with Crippen molar-refractivity contribution in [1.82, 2.24) is 5.32 Å². The van der Waals surface area contributed by atoms with E-state index >= 15 is 0 Å². The zero-order valence-corrected chi connectivity index (χ0v) is 14.0. The number of allylic oxidation sites excluding steroid dienone is 1. The van der Waals surface area contributed by atoms with E-state index in [1.807, 2.05) is 18.2 Å². The third-order valence-corrected chi connectivity index (χ3v) is 4.60. The monoisotopic (exact) mass is 318 g/mol. The van der Waals surface area contributed by atoms with Gasteiger partial charge in [0, 0.05) is 17.2 Å². The molecule has 0 bridgehead atoms. The van der Waals surface area contributed by atoms with Gasteiger partial charge in [0.25, 0.3) is 0 Å². The summed E-state index contributed by atoms with van der Waals surface area (Å²) in [7, 11) is 0. The molecule has 1 aliphatic rings. The largest absolute Gasteiger partial charge is 0.349 e.